The first-order chi connectivity index (χ1) is 9.29. The van der Waals surface area contributed by atoms with Crippen LogP contribution in [0.2, 0.25) is 0 Å². The van der Waals surface area contributed by atoms with Crippen molar-refractivity contribution >= 4 is 18.2 Å². The zero-order chi connectivity index (χ0) is 13.6. The van der Waals surface area contributed by atoms with Crippen molar-refractivity contribution in [2.75, 3.05) is 26.8 Å². The van der Waals surface area contributed by atoms with Gasteiger partial charge in [-0.25, -0.2) is 0 Å². The number of hydrogen-bond donors (Lipinski definition) is 1. The fourth-order valence-corrected chi connectivity index (χ4v) is 3.01. The molecule has 0 amide bonds. The minimum atomic E-state index is -0.249. The van der Waals surface area contributed by atoms with Crippen LogP contribution in [-0.4, -0.2) is 32.6 Å². The van der Waals surface area contributed by atoms with E-state index < -0.39 is 0 Å². The second-order valence-corrected chi connectivity index (χ2v) is 5.25. The Balaban J connectivity index is 0.00000200. The summed E-state index contributed by atoms with van der Waals surface area (Å²) in [6.45, 7) is 1.82. The average molecular weight is 298 g/mol. The van der Waals surface area contributed by atoms with E-state index in [1.54, 1.807) is 7.11 Å². The number of carbonyl (C=O) groups excluding carboxylic acids is 1. The molecule has 0 spiro atoms. The minimum absolute atomic E-state index is 0. The van der Waals surface area contributed by atoms with Crippen LogP contribution in [-0.2, 0) is 14.9 Å². The average Bonchev–Trinajstić information content (AvgIpc) is 2.95. The molecule has 0 bridgehead atoms. The summed E-state index contributed by atoms with van der Waals surface area (Å²) >= 11 is 0. The maximum atomic E-state index is 12.6. The second-order valence-electron chi connectivity index (χ2n) is 5.25. The van der Waals surface area contributed by atoms with Crippen LogP contribution in [0.5, 0.6) is 0 Å². The first-order valence-electron chi connectivity index (χ1n) is 7.08. The Morgan fingerprint density at radius 3 is 2.50 bits per heavy atom. The highest BCUT2D eigenvalue weighted by Gasteiger charge is 2.41. The minimum Gasteiger partial charge on any atom is -0.383 e. The van der Waals surface area contributed by atoms with Crippen LogP contribution in [0.15, 0.2) is 30.3 Å². The summed E-state index contributed by atoms with van der Waals surface area (Å²) < 4.78 is 4.99. The molecule has 1 aromatic carbocycles. The number of carbonyl (C=O) groups is 1. The van der Waals surface area contributed by atoms with Gasteiger partial charge in [-0.2, -0.15) is 0 Å². The Morgan fingerprint density at radius 2 is 1.90 bits per heavy atom. The van der Waals surface area contributed by atoms with E-state index in [1.807, 2.05) is 18.2 Å². The van der Waals surface area contributed by atoms with Crippen molar-refractivity contribution in [1.82, 2.24) is 5.32 Å². The SMILES string of the molecule is COCCNCC(=O)C1(c2ccccc2)CCCC1.Cl. The molecule has 1 aliphatic carbocycles. The van der Waals surface area contributed by atoms with Crippen LogP contribution in [0, 0.1) is 0 Å². The van der Waals surface area contributed by atoms with E-state index in [9.17, 15) is 4.79 Å². The predicted octanol–water partition coefficient (Wildman–Crippen LogP) is 2.73. The Hall–Kier alpha value is -0.900. The number of ether oxygens (including phenoxy) is 1. The van der Waals surface area contributed by atoms with Gasteiger partial charge in [0.2, 0.25) is 0 Å². The van der Waals surface area contributed by atoms with Gasteiger partial charge in [0, 0.05) is 13.7 Å². The molecule has 0 aliphatic heterocycles. The lowest BCUT2D eigenvalue weighted by Crippen LogP contribution is -2.40. The molecule has 1 N–H and O–H groups in total. The summed E-state index contributed by atoms with van der Waals surface area (Å²) in [5, 5.41) is 3.18. The molecule has 0 radical (unpaired) electrons. The highest BCUT2D eigenvalue weighted by Crippen LogP contribution is 2.41. The molecule has 4 heteroatoms. The van der Waals surface area contributed by atoms with Gasteiger partial charge >= 0.3 is 0 Å². The lowest BCUT2D eigenvalue weighted by Gasteiger charge is -2.28. The number of rotatable bonds is 7. The highest BCUT2D eigenvalue weighted by atomic mass is 35.5. The van der Waals surface area contributed by atoms with Crippen molar-refractivity contribution in [3.05, 3.63) is 35.9 Å². The van der Waals surface area contributed by atoms with Crippen molar-refractivity contribution in [1.29, 1.82) is 0 Å². The molecule has 2 rings (SSSR count). The maximum Gasteiger partial charge on any atom is 0.157 e. The normalized spacial score (nSPS) is 16.6. The molecule has 0 saturated heterocycles. The Bertz CT molecular complexity index is 402. The molecule has 0 unspecified atom stereocenters. The molecule has 20 heavy (non-hydrogen) atoms. The standard InChI is InChI=1S/C16H23NO2.ClH/c1-19-12-11-17-13-15(18)16(9-5-6-10-16)14-7-3-2-4-8-14;/h2-4,7-8,17H,5-6,9-13H2,1H3;1H. The van der Waals surface area contributed by atoms with E-state index in [-0.39, 0.29) is 17.8 Å². The summed E-state index contributed by atoms with van der Waals surface area (Å²) in [6.07, 6.45) is 4.28. The first kappa shape index (κ1) is 17.2. The summed E-state index contributed by atoms with van der Waals surface area (Å²) in [7, 11) is 1.67. The summed E-state index contributed by atoms with van der Waals surface area (Å²) in [4.78, 5) is 12.6. The van der Waals surface area contributed by atoms with Crippen molar-refractivity contribution in [2.24, 2.45) is 0 Å². The molecule has 1 aromatic rings. The van der Waals surface area contributed by atoms with E-state index in [4.69, 9.17) is 4.74 Å². The first-order valence-corrected chi connectivity index (χ1v) is 7.08. The number of methoxy groups -OCH3 is 1. The Kier molecular flexibility index (Phi) is 7.20. The monoisotopic (exact) mass is 297 g/mol. The fourth-order valence-electron chi connectivity index (χ4n) is 3.01. The third-order valence-corrected chi connectivity index (χ3v) is 4.09. The van der Waals surface area contributed by atoms with Crippen LogP contribution in [0.1, 0.15) is 31.2 Å². The lowest BCUT2D eigenvalue weighted by atomic mass is 9.75. The molecule has 0 heterocycles. The zero-order valence-corrected chi connectivity index (χ0v) is 12.9. The van der Waals surface area contributed by atoms with Gasteiger partial charge in [-0.1, -0.05) is 43.2 Å². The quantitative estimate of drug-likeness (QED) is 0.787. The van der Waals surface area contributed by atoms with Crippen LogP contribution in [0.4, 0.5) is 0 Å². The Morgan fingerprint density at radius 1 is 1.25 bits per heavy atom. The molecule has 1 fully saturated rings. The topological polar surface area (TPSA) is 38.3 Å². The van der Waals surface area contributed by atoms with Crippen LogP contribution in [0.3, 0.4) is 0 Å². The number of halogens is 1. The molecule has 3 nitrogen and oxygen atoms in total. The van der Waals surface area contributed by atoms with Gasteiger partial charge in [-0.3, -0.25) is 4.79 Å². The number of nitrogens with one attached hydrogen (secondary N) is 1. The van der Waals surface area contributed by atoms with E-state index in [0.717, 1.165) is 32.2 Å². The number of benzene rings is 1. The fraction of sp³-hybridized carbons (Fsp3) is 0.562. The summed E-state index contributed by atoms with van der Waals surface area (Å²) in [6, 6.07) is 10.3. The molecule has 0 atom stereocenters. The van der Waals surface area contributed by atoms with Gasteiger partial charge in [0.25, 0.3) is 0 Å². The van der Waals surface area contributed by atoms with E-state index in [1.165, 1.54) is 5.56 Å². The largest absolute Gasteiger partial charge is 0.383 e. The molecule has 0 aromatic heterocycles. The summed E-state index contributed by atoms with van der Waals surface area (Å²) in [5.41, 5.74) is 0.937. The number of ketones is 1. The number of hydrogen-bond acceptors (Lipinski definition) is 3. The molecule has 1 aliphatic rings. The van der Waals surface area contributed by atoms with Crippen molar-refractivity contribution in [3.63, 3.8) is 0 Å². The van der Waals surface area contributed by atoms with Crippen molar-refractivity contribution in [3.8, 4) is 0 Å². The molecule has 1 saturated carbocycles. The maximum absolute atomic E-state index is 12.6. The number of Topliss-reactive ketones (excluding diaryl/α,β-unsaturated/α-hetero) is 1. The lowest BCUT2D eigenvalue weighted by molar-refractivity contribution is -0.123. The van der Waals surface area contributed by atoms with Gasteiger partial charge in [0.05, 0.1) is 18.6 Å². The molecular formula is C16H24ClNO2. The van der Waals surface area contributed by atoms with Gasteiger partial charge < -0.3 is 10.1 Å². The van der Waals surface area contributed by atoms with Gasteiger partial charge in [-0.05, 0) is 18.4 Å². The van der Waals surface area contributed by atoms with Crippen LogP contribution < -0.4 is 5.32 Å². The third-order valence-electron chi connectivity index (χ3n) is 4.09. The third kappa shape index (κ3) is 3.81. The predicted molar refractivity (Wildman–Crippen MR) is 83.6 cm³/mol. The summed E-state index contributed by atoms with van der Waals surface area (Å²) in [5.74, 6) is 0.326. The molecular weight excluding hydrogens is 274 g/mol. The second kappa shape index (κ2) is 8.40. The van der Waals surface area contributed by atoms with E-state index >= 15 is 0 Å². The smallest absolute Gasteiger partial charge is 0.157 e. The highest BCUT2D eigenvalue weighted by molar-refractivity contribution is 5.92. The van der Waals surface area contributed by atoms with Crippen molar-refractivity contribution < 1.29 is 9.53 Å². The van der Waals surface area contributed by atoms with Gasteiger partial charge in [0.15, 0.2) is 5.78 Å². The van der Waals surface area contributed by atoms with Gasteiger partial charge in [-0.15, -0.1) is 12.4 Å². The zero-order valence-electron chi connectivity index (χ0n) is 12.1. The Labute approximate surface area is 127 Å². The van der Waals surface area contributed by atoms with E-state index in [0.29, 0.717) is 18.9 Å². The van der Waals surface area contributed by atoms with E-state index in [2.05, 4.69) is 17.4 Å². The van der Waals surface area contributed by atoms with Crippen LogP contribution in [0.25, 0.3) is 0 Å². The van der Waals surface area contributed by atoms with Crippen LogP contribution >= 0.6 is 12.4 Å². The van der Waals surface area contributed by atoms with Gasteiger partial charge in [0.1, 0.15) is 0 Å². The van der Waals surface area contributed by atoms with Crippen molar-refractivity contribution in [2.45, 2.75) is 31.1 Å². The molecule has 112 valence electrons.